The second-order valence-corrected chi connectivity index (χ2v) is 7.23. The van der Waals surface area contributed by atoms with Gasteiger partial charge in [0.25, 0.3) is 11.6 Å². The third-order valence-corrected chi connectivity index (χ3v) is 5.33. The van der Waals surface area contributed by atoms with Crippen molar-refractivity contribution >= 4 is 39.6 Å². The standard InChI is InChI=1S/C22H20N4O4/c23-21(27)19-6-3-11-25(19)18-10-8-16(13-20(18)26(29)30)22(28)24-17-9-7-14-4-1-2-5-15(14)12-17/h1-2,4-5,7-10,12-13,19H,3,6,11H2,(H2,23,27)(H,24,28)/t19-/m1/s1. The first-order valence-electron chi connectivity index (χ1n) is 9.58. The fraction of sp³-hybridized carbons (Fsp3) is 0.182. The minimum atomic E-state index is -0.582. The van der Waals surface area contributed by atoms with Gasteiger partial charge in [0, 0.05) is 23.9 Å². The van der Waals surface area contributed by atoms with Crippen LogP contribution in [0.4, 0.5) is 17.1 Å². The monoisotopic (exact) mass is 404 g/mol. The number of nitrogens with one attached hydrogen (secondary N) is 1. The van der Waals surface area contributed by atoms with Crippen LogP contribution in [-0.2, 0) is 4.79 Å². The van der Waals surface area contributed by atoms with E-state index in [1.165, 1.54) is 18.2 Å². The Bertz CT molecular complexity index is 1160. The van der Waals surface area contributed by atoms with Crippen LogP contribution >= 0.6 is 0 Å². The highest BCUT2D eigenvalue weighted by atomic mass is 16.6. The molecular weight excluding hydrogens is 384 g/mol. The van der Waals surface area contributed by atoms with Crippen LogP contribution in [0, 0.1) is 10.1 Å². The van der Waals surface area contributed by atoms with Gasteiger partial charge in [-0.15, -0.1) is 0 Å². The van der Waals surface area contributed by atoms with E-state index < -0.39 is 22.8 Å². The lowest BCUT2D eigenvalue weighted by molar-refractivity contribution is -0.384. The first kappa shape index (κ1) is 19.4. The maximum atomic E-state index is 12.7. The normalized spacial score (nSPS) is 15.9. The molecule has 3 aromatic rings. The Hall–Kier alpha value is -3.94. The predicted octanol–water partition coefficient (Wildman–Crippen LogP) is 3.45. The summed E-state index contributed by atoms with van der Waals surface area (Å²) >= 11 is 0. The zero-order valence-corrected chi connectivity index (χ0v) is 16.1. The number of amides is 2. The number of carbonyl (C=O) groups is 2. The number of nitro benzene ring substituents is 1. The number of hydrogen-bond acceptors (Lipinski definition) is 5. The number of hydrogen-bond donors (Lipinski definition) is 2. The van der Waals surface area contributed by atoms with E-state index in [2.05, 4.69) is 5.32 Å². The zero-order chi connectivity index (χ0) is 21.3. The molecule has 1 aliphatic heterocycles. The van der Waals surface area contributed by atoms with Crippen LogP contribution in [0.15, 0.2) is 60.7 Å². The van der Waals surface area contributed by atoms with Crippen molar-refractivity contribution in [1.82, 2.24) is 0 Å². The van der Waals surface area contributed by atoms with E-state index >= 15 is 0 Å². The second-order valence-electron chi connectivity index (χ2n) is 7.23. The summed E-state index contributed by atoms with van der Waals surface area (Å²) < 4.78 is 0. The molecule has 0 aromatic heterocycles. The number of carbonyl (C=O) groups excluding carboxylic acids is 2. The molecule has 2 amide bonds. The highest BCUT2D eigenvalue weighted by Crippen LogP contribution is 2.34. The van der Waals surface area contributed by atoms with Crippen LogP contribution in [0.2, 0.25) is 0 Å². The molecule has 3 N–H and O–H groups in total. The van der Waals surface area contributed by atoms with E-state index in [1.54, 1.807) is 11.0 Å². The average molecular weight is 404 g/mol. The van der Waals surface area contributed by atoms with Crippen LogP contribution in [0.1, 0.15) is 23.2 Å². The first-order valence-corrected chi connectivity index (χ1v) is 9.58. The number of rotatable bonds is 5. The molecule has 4 rings (SSSR count). The number of nitrogens with zero attached hydrogens (tertiary/aromatic N) is 2. The van der Waals surface area contributed by atoms with Gasteiger partial charge in [-0.1, -0.05) is 30.3 Å². The van der Waals surface area contributed by atoms with Crippen molar-refractivity contribution in [2.24, 2.45) is 5.73 Å². The molecule has 3 aromatic carbocycles. The van der Waals surface area contributed by atoms with Crippen LogP contribution in [0.5, 0.6) is 0 Å². The van der Waals surface area contributed by atoms with E-state index in [4.69, 9.17) is 5.73 Å². The number of fused-ring (bicyclic) bond motifs is 1. The first-order chi connectivity index (χ1) is 14.4. The molecule has 1 heterocycles. The third-order valence-electron chi connectivity index (χ3n) is 5.33. The van der Waals surface area contributed by atoms with Crippen molar-refractivity contribution in [1.29, 1.82) is 0 Å². The van der Waals surface area contributed by atoms with Gasteiger partial charge in [0.1, 0.15) is 11.7 Å². The van der Waals surface area contributed by atoms with E-state index in [0.717, 1.165) is 17.2 Å². The van der Waals surface area contributed by atoms with E-state index in [9.17, 15) is 19.7 Å². The van der Waals surface area contributed by atoms with Gasteiger partial charge in [0.2, 0.25) is 5.91 Å². The van der Waals surface area contributed by atoms with Crippen molar-refractivity contribution in [3.63, 3.8) is 0 Å². The highest BCUT2D eigenvalue weighted by molar-refractivity contribution is 6.06. The van der Waals surface area contributed by atoms with Gasteiger partial charge >= 0.3 is 0 Å². The Balaban J connectivity index is 1.62. The fourth-order valence-electron chi connectivity index (χ4n) is 3.87. The van der Waals surface area contributed by atoms with Gasteiger partial charge in [-0.3, -0.25) is 19.7 Å². The van der Waals surface area contributed by atoms with Gasteiger partial charge < -0.3 is 16.0 Å². The minimum absolute atomic E-state index is 0.161. The maximum absolute atomic E-state index is 12.7. The number of nitrogens with two attached hydrogens (primary N) is 1. The molecule has 0 bridgehead atoms. The molecule has 1 atom stereocenters. The summed E-state index contributed by atoms with van der Waals surface area (Å²) in [7, 11) is 0. The Kier molecular flexibility index (Phi) is 5.05. The summed E-state index contributed by atoms with van der Waals surface area (Å²) in [5.74, 6) is -0.965. The molecule has 8 heteroatoms. The largest absolute Gasteiger partial charge is 0.368 e. The maximum Gasteiger partial charge on any atom is 0.293 e. The van der Waals surface area contributed by atoms with Crippen LogP contribution in [0.3, 0.4) is 0 Å². The summed E-state index contributed by atoms with van der Waals surface area (Å²) in [5, 5.41) is 16.5. The number of nitro groups is 1. The van der Waals surface area contributed by atoms with Gasteiger partial charge in [-0.25, -0.2) is 0 Å². The topological polar surface area (TPSA) is 119 Å². The number of anilines is 2. The van der Waals surface area contributed by atoms with Crippen molar-refractivity contribution in [2.75, 3.05) is 16.8 Å². The minimum Gasteiger partial charge on any atom is -0.368 e. The highest BCUT2D eigenvalue weighted by Gasteiger charge is 2.33. The Morgan fingerprint density at radius 3 is 2.57 bits per heavy atom. The molecule has 8 nitrogen and oxygen atoms in total. The third kappa shape index (κ3) is 3.67. The smallest absolute Gasteiger partial charge is 0.293 e. The summed E-state index contributed by atoms with van der Waals surface area (Å²) in [6, 6.07) is 17.0. The Labute approximate surface area is 172 Å². The van der Waals surface area contributed by atoms with E-state index in [1.807, 2.05) is 36.4 Å². The number of primary amides is 1. The fourth-order valence-corrected chi connectivity index (χ4v) is 3.87. The molecule has 0 spiro atoms. The molecule has 1 fully saturated rings. The lowest BCUT2D eigenvalue weighted by Crippen LogP contribution is -2.40. The van der Waals surface area contributed by atoms with Crippen molar-refractivity contribution in [3.8, 4) is 0 Å². The molecule has 1 saturated heterocycles. The molecule has 0 radical (unpaired) electrons. The second kappa shape index (κ2) is 7.82. The van der Waals surface area contributed by atoms with Crippen LogP contribution in [-0.4, -0.2) is 29.3 Å². The molecule has 1 aliphatic rings. The van der Waals surface area contributed by atoms with Crippen molar-refractivity contribution < 1.29 is 14.5 Å². The number of benzene rings is 3. The summed E-state index contributed by atoms with van der Waals surface area (Å²) in [6.07, 6.45) is 1.27. The summed E-state index contributed by atoms with van der Waals surface area (Å²) in [6.45, 7) is 0.497. The van der Waals surface area contributed by atoms with Crippen LogP contribution < -0.4 is 16.0 Å². The molecule has 0 aliphatic carbocycles. The van der Waals surface area contributed by atoms with Crippen molar-refractivity contribution in [2.45, 2.75) is 18.9 Å². The molecule has 30 heavy (non-hydrogen) atoms. The van der Waals surface area contributed by atoms with Crippen LogP contribution in [0.25, 0.3) is 10.8 Å². The SMILES string of the molecule is NC(=O)[C@H]1CCCN1c1ccc(C(=O)Nc2ccc3ccccc3c2)cc1[N+](=O)[O-]. The zero-order valence-electron chi connectivity index (χ0n) is 16.1. The lowest BCUT2D eigenvalue weighted by atomic mass is 10.1. The Morgan fingerprint density at radius 2 is 1.83 bits per heavy atom. The molecule has 0 saturated carbocycles. The average Bonchev–Trinajstić information content (AvgIpc) is 3.23. The molecule has 152 valence electrons. The van der Waals surface area contributed by atoms with E-state index in [-0.39, 0.29) is 11.3 Å². The lowest BCUT2D eigenvalue weighted by Gasteiger charge is -2.24. The van der Waals surface area contributed by atoms with E-state index in [0.29, 0.717) is 24.3 Å². The van der Waals surface area contributed by atoms with Gasteiger partial charge in [0.05, 0.1) is 4.92 Å². The quantitative estimate of drug-likeness (QED) is 0.499. The summed E-state index contributed by atoms with van der Waals surface area (Å²) in [5.41, 5.74) is 6.26. The van der Waals surface area contributed by atoms with Gasteiger partial charge in [-0.05, 0) is 47.9 Å². The summed E-state index contributed by atoms with van der Waals surface area (Å²) in [4.78, 5) is 37.2. The van der Waals surface area contributed by atoms with Gasteiger partial charge in [-0.2, -0.15) is 0 Å². The molecule has 0 unspecified atom stereocenters. The molecular formula is C22H20N4O4. The van der Waals surface area contributed by atoms with Crippen molar-refractivity contribution in [3.05, 3.63) is 76.3 Å². The predicted molar refractivity (Wildman–Crippen MR) is 115 cm³/mol. The van der Waals surface area contributed by atoms with Gasteiger partial charge in [0.15, 0.2) is 0 Å². The Morgan fingerprint density at radius 1 is 1.07 bits per heavy atom.